The molecule has 2 rings (SSSR count). The highest BCUT2D eigenvalue weighted by Crippen LogP contribution is 2.35. The maximum Gasteiger partial charge on any atom is 0.264 e. The highest BCUT2D eigenvalue weighted by molar-refractivity contribution is 6.35. The Morgan fingerprint density at radius 3 is 2.53 bits per heavy atom. The molecule has 0 heterocycles. The summed E-state index contributed by atoms with van der Waals surface area (Å²) < 4.78 is 11.5. The van der Waals surface area contributed by atoms with Crippen molar-refractivity contribution in [1.29, 1.82) is 5.26 Å². The van der Waals surface area contributed by atoms with Gasteiger partial charge in [0.05, 0.1) is 7.11 Å². The fourth-order valence-corrected chi connectivity index (χ4v) is 3.19. The fraction of sp³-hybridized carbons (Fsp3) is 0.217. The number of carbonyl (C=O) groups is 1. The molecule has 2 aromatic carbocycles. The number of likely N-dealkylation sites (N-methyl/N-ethyl adjacent to an activating group) is 1. The van der Waals surface area contributed by atoms with Crippen LogP contribution in [0.25, 0.3) is 6.08 Å². The molecule has 0 aliphatic carbocycles. The van der Waals surface area contributed by atoms with Gasteiger partial charge in [-0.25, -0.2) is 0 Å². The van der Waals surface area contributed by atoms with Crippen LogP contribution in [0.15, 0.2) is 48.6 Å². The van der Waals surface area contributed by atoms with E-state index in [1.807, 2.05) is 12.1 Å². The Labute approximate surface area is 186 Å². The minimum Gasteiger partial charge on any atom is -0.493 e. The van der Waals surface area contributed by atoms with Gasteiger partial charge >= 0.3 is 0 Å². The quantitative estimate of drug-likeness (QED) is 0.314. The SMILES string of the molecule is C=CCc1cc(/C=C(/C#N)C(=O)N(C)C)cc(OC)c1OCc1ccc(Cl)cc1Cl. The zero-order chi connectivity index (χ0) is 22.3. The molecule has 1 amide bonds. The number of ether oxygens (including phenoxy) is 2. The first-order valence-electron chi connectivity index (χ1n) is 9.02. The first-order valence-corrected chi connectivity index (χ1v) is 9.78. The summed E-state index contributed by atoms with van der Waals surface area (Å²) in [6.45, 7) is 4.01. The van der Waals surface area contributed by atoms with Crippen molar-refractivity contribution in [1.82, 2.24) is 4.90 Å². The first-order chi connectivity index (χ1) is 14.3. The Bertz CT molecular complexity index is 1020. The van der Waals surface area contributed by atoms with Crippen LogP contribution in [0.5, 0.6) is 11.5 Å². The molecule has 0 unspecified atom stereocenters. The van der Waals surface area contributed by atoms with Gasteiger partial charge < -0.3 is 14.4 Å². The Hall–Kier alpha value is -2.94. The summed E-state index contributed by atoms with van der Waals surface area (Å²) >= 11 is 12.2. The number of amides is 1. The number of halogens is 2. The van der Waals surface area contributed by atoms with Gasteiger partial charge in [0.15, 0.2) is 11.5 Å². The lowest BCUT2D eigenvalue weighted by Gasteiger charge is -2.17. The van der Waals surface area contributed by atoms with E-state index in [4.69, 9.17) is 32.7 Å². The molecule has 0 aromatic heterocycles. The van der Waals surface area contributed by atoms with Crippen molar-refractivity contribution >= 4 is 35.2 Å². The number of nitrogens with zero attached hydrogens (tertiary/aromatic N) is 2. The van der Waals surface area contributed by atoms with Crippen LogP contribution < -0.4 is 9.47 Å². The Kier molecular flexibility index (Phi) is 8.35. The van der Waals surface area contributed by atoms with Crippen LogP contribution in [0.1, 0.15) is 16.7 Å². The Morgan fingerprint density at radius 2 is 1.97 bits per heavy atom. The van der Waals surface area contributed by atoms with E-state index in [1.54, 1.807) is 44.4 Å². The van der Waals surface area contributed by atoms with Gasteiger partial charge in [-0.1, -0.05) is 35.3 Å². The normalized spacial score (nSPS) is 10.9. The number of nitriles is 1. The number of hydrogen-bond donors (Lipinski definition) is 0. The van der Waals surface area contributed by atoms with Crippen LogP contribution >= 0.6 is 23.2 Å². The third-order valence-corrected chi connectivity index (χ3v) is 4.78. The summed E-state index contributed by atoms with van der Waals surface area (Å²) in [5.41, 5.74) is 2.25. The average molecular weight is 445 g/mol. The van der Waals surface area contributed by atoms with E-state index in [1.165, 1.54) is 18.1 Å². The number of benzene rings is 2. The molecule has 0 atom stereocenters. The number of carbonyl (C=O) groups excluding carboxylic acids is 1. The van der Waals surface area contributed by atoms with Gasteiger partial charge in [-0.3, -0.25) is 4.79 Å². The lowest BCUT2D eigenvalue weighted by atomic mass is 10.0. The van der Waals surface area contributed by atoms with E-state index >= 15 is 0 Å². The van der Waals surface area contributed by atoms with Crippen molar-refractivity contribution in [2.45, 2.75) is 13.0 Å². The molecule has 0 aliphatic rings. The first kappa shape index (κ1) is 23.3. The zero-order valence-electron chi connectivity index (χ0n) is 17.0. The molecular weight excluding hydrogens is 423 g/mol. The molecule has 7 heteroatoms. The Balaban J connectivity index is 2.44. The Morgan fingerprint density at radius 1 is 1.23 bits per heavy atom. The molecule has 2 aromatic rings. The molecular formula is C23H22Cl2N2O3. The van der Waals surface area contributed by atoms with Gasteiger partial charge in [-0.05, 0) is 42.3 Å². The largest absolute Gasteiger partial charge is 0.493 e. The van der Waals surface area contributed by atoms with Crippen molar-refractivity contribution in [2.75, 3.05) is 21.2 Å². The van der Waals surface area contributed by atoms with Gasteiger partial charge in [0.1, 0.15) is 18.2 Å². The summed E-state index contributed by atoms with van der Waals surface area (Å²) in [4.78, 5) is 13.5. The maximum absolute atomic E-state index is 12.2. The topological polar surface area (TPSA) is 62.6 Å². The third-order valence-electron chi connectivity index (χ3n) is 4.19. The van der Waals surface area contributed by atoms with Gasteiger partial charge in [-0.2, -0.15) is 5.26 Å². The molecule has 0 aliphatic heterocycles. The van der Waals surface area contributed by atoms with Crippen molar-refractivity contribution in [3.8, 4) is 17.6 Å². The molecule has 5 nitrogen and oxygen atoms in total. The molecule has 156 valence electrons. The van der Waals surface area contributed by atoms with E-state index in [2.05, 4.69) is 6.58 Å². The predicted molar refractivity (Wildman–Crippen MR) is 120 cm³/mol. The van der Waals surface area contributed by atoms with E-state index in [0.717, 1.165) is 11.1 Å². The number of allylic oxidation sites excluding steroid dienone is 1. The lowest BCUT2D eigenvalue weighted by Crippen LogP contribution is -2.22. The van der Waals surface area contributed by atoms with Gasteiger partial charge in [0.2, 0.25) is 0 Å². The molecule has 0 radical (unpaired) electrons. The number of methoxy groups -OCH3 is 1. The van der Waals surface area contributed by atoms with Crippen LogP contribution in [0, 0.1) is 11.3 Å². The van der Waals surface area contributed by atoms with E-state index < -0.39 is 0 Å². The van der Waals surface area contributed by atoms with E-state index in [0.29, 0.717) is 33.5 Å². The molecule has 0 saturated heterocycles. The minimum atomic E-state index is -0.376. The van der Waals surface area contributed by atoms with Crippen LogP contribution in [-0.4, -0.2) is 32.0 Å². The summed E-state index contributed by atoms with van der Waals surface area (Å²) in [7, 11) is 4.71. The maximum atomic E-state index is 12.2. The summed E-state index contributed by atoms with van der Waals surface area (Å²) in [6.07, 6.45) is 3.77. The molecule has 30 heavy (non-hydrogen) atoms. The van der Waals surface area contributed by atoms with Gasteiger partial charge in [0.25, 0.3) is 5.91 Å². The summed E-state index contributed by atoms with van der Waals surface area (Å²) in [6, 6.07) is 10.7. The summed E-state index contributed by atoms with van der Waals surface area (Å²) in [5, 5.41) is 10.4. The van der Waals surface area contributed by atoms with Crippen LogP contribution in [0.4, 0.5) is 0 Å². The van der Waals surface area contributed by atoms with Gasteiger partial charge in [0, 0.05) is 35.3 Å². The highest BCUT2D eigenvalue weighted by atomic mass is 35.5. The van der Waals surface area contributed by atoms with Gasteiger partial charge in [-0.15, -0.1) is 6.58 Å². The second-order valence-corrected chi connectivity index (χ2v) is 7.44. The van der Waals surface area contributed by atoms with E-state index in [-0.39, 0.29) is 18.1 Å². The molecule has 0 N–H and O–H groups in total. The van der Waals surface area contributed by atoms with Crippen molar-refractivity contribution in [2.24, 2.45) is 0 Å². The van der Waals surface area contributed by atoms with E-state index in [9.17, 15) is 10.1 Å². The lowest BCUT2D eigenvalue weighted by molar-refractivity contribution is -0.124. The van der Waals surface area contributed by atoms with Crippen LogP contribution in [0.2, 0.25) is 10.0 Å². The standard InChI is InChI=1S/C23H22Cl2N2O3/c1-5-6-16-9-15(10-18(13-26)23(28)27(2)3)11-21(29-4)22(16)30-14-17-7-8-19(24)12-20(17)25/h5,7-12H,1,6,14H2,2-4H3/b18-10-. The second-order valence-electron chi connectivity index (χ2n) is 6.60. The highest BCUT2D eigenvalue weighted by Gasteiger charge is 2.16. The van der Waals surface area contributed by atoms with Crippen molar-refractivity contribution in [3.05, 3.63) is 75.3 Å². The van der Waals surface area contributed by atoms with Crippen LogP contribution in [0.3, 0.4) is 0 Å². The monoisotopic (exact) mass is 444 g/mol. The van der Waals surface area contributed by atoms with Crippen LogP contribution in [-0.2, 0) is 17.8 Å². The number of rotatable bonds is 8. The minimum absolute atomic E-state index is 0.0215. The zero-order valence-corrected chi connectivity index (χ0v) is 18.5. The smallest absolute Gasteiger partial charge is 0.264 e. The number of hydrogen-bond acceptors (Lipinski definition) is 4. The fourth-order valence-electron chi connectivity index (χ4n) is 2.73. The second kappa shape index (κ2) is 10.7. The predicted octanol–water partition coefficient (Wildman–Crippen LogP) is 5.30. The third kappa shape index (κ3) is 5.79. The molecule has 0 fully saturated rings. The summed E-state index contributed by atoms with van der Waals surface area (Å²) in [5.74, 6) is 0.637. The van der Waals surface area contributed by atoms with Crippen molar-refractivity contribution < 1.29 is 14.3 Å². The molecule has 0 saturated carbocycles. The molecule has 0 bridgehead atoms. The van der Waals surface area contributed by atoms with Crippen molar-refractivity contribution in [3.63, 3.8) is 0 Å². The average Bonchev–Trinajstić information content (AvgIpc) is 2.71. The molecule has 0 spiro atoms.